The fourth-order valence-electron chi connectivity index (χ4n) is 2.92. The van der Waals surface area contributed by atoms with Crippen LogP contribution in [0.1, 0.15) is 69.7 Å². The molecular formula is C19H32O3Sn. The zero-order chi connectivity index (χ0) is 17.1. The number of para-hydroxylation sites is 1. The number of phenolic OH excluding ortho intramolecular Hbond substituents is 1. The summed E-state index contributed by atoms with van der Waals surface area (Å²) in [5.41, 5.74) is 0.318. The van der Waals surface area contributed by atoms with Crippen LogP contribution in [0.5, 0.6) is 5.75 Å². The SMILES string of the molecule is CCC[CH2][Sn]([CH2]CCC)([CH2]CCC)[O]C(=O)c1ccccc1O. The van der Waals surface area contributed by atoms with Crippen LogP contribution in [0.2, 0.25) is 13.3 Å². The van der Waals surface area contributed by atoms with E-state index in [1.165, 1.54) is 0 Å². The van der Waals surface area contributed by atoms with Gasteiger partial charge in [0.1, 0.15) is 0 Å². The Morgan fingerprint density at radius 2 is 1.43 bits per heavy atom. The second kappa shape index (κ2) is 11.0. The number of unbranched alkanes of at least 4 members (excludes halogenated alkanes) is 3. The van der Waals surface area contributed by atoms with Crippen LogP contribution in [0, 0.1) is 0 Å². The Morgan fingerprint density at radius 3 is 1.87 bits per heavy atom. The van der Waals surface area contributed by atoms with Crippen molar-refractivity contribution in [1.29, 1.82) is 0 Å². The van der Waals surface area contributed by atoms with E-state index >= 15 is 0 Å². The van der Waals surface area contributed by atoms with E-state index in [-0.39, 0.29) is 11.7 Å². The number of carbonyl (C=O) groups excluding carboxylic acids is 1. The van der Waals surface area contributed by atoms with Gasteiger partial charge < -0.3 is 0 Å². The first-order chi connectivity index (χ1) is 11.1. The number of phenols is 1. The van der Waals surface area contributed by atoms with Gasteiger partial charge in [-0.15, -0.1) is 0 Å². The number of aromatic hydroxyl groups is 1. The van der Waals surface area contributed by atoms with Crippen molar-refractivity contribution < 1.29 is 13.0 Å². The van der Waals surface area contributed by atoms with Crippen molar-refractivity contribution in [2.75, 3.05) is 0 Å². The van der Waals surface area contributed by atoms with Crippen molar-refractivity contribution in [2.24, 2.45) is 0 Å². The molecule has 0 radical (unpaired) electrons. The van der Waals surface area contributed by atoms with E-state index in [0.29, 0.717) is 5.56 Å². The number of rotatable bonds is 11. The van der Waals surface area contributed by atoms with Gasteiger partial charge in [0.05, 0.1) is 0 Å². The van der Waals surface area contributed by atoms with E-state index in [1.54, 1.807) is 24.3 Å². The second-order valence-corrected chi connectivity index (χ2v) is 18.0. The molecule has 0 atom stereocenters. The molecule has 0 fully saturated rings. The molecule has 0 aromatic heterocycles. The molecule has 0 unspecified atom stereocenters. The molecule has 0 saturated heterocycles. The zero-order valence-electron chi connectivity index (χ0n) is 14.9. The Bertz CT molecular complexity index is 452. The van der Waals surface area contributed by atoms with Gasteiger partial charge >= 0.3 is 146 Å². The monoisotopic (exact) mass is 428 g/mol. The van der Waals surface area contributed by atoms with E-state index in [4.69, 9.17) is 3.07 Å². The van der Waals surface area contributed by atoms with Crippen LogP contribution in [-0.2, 0) is 3.07 Å². The Hall–Kier alpha value is -0.711. The fourth-order valence-corrected chi connectivity index (χ4v) is 15.9. The number of hydrogen-bond acceptors (Lipinski definition) is 3. The summed E-state index contributed by atoms with van der Waals surface area (Å²) in [5.74, 6) is -0.277. The van der Waals surface area contributed by atoms with Crippen molar-refractivity contribution in [3.05, 3.63) is 29.8 Å². The van der Waals surface area contributed by atoms with Crippen LogP contribution in [0.4, 0.5) is 0 Å². The molecule has 0 heterocycles. The number of carbonyl (C=O) groups is 1. The molecule has 1 aromatic carbocycles. The molecule has 0 aliphatic carbocycles. The van der Waals surface area contributed by atoms with Gasteiger partial charge in [-0.3, -0.25) is 0 Å². The third kappa shape index (κ3) is 6.74. The van der Waals surface area contributed by atoms with E-state index in [9.17, 15) is 9.90 Å². The molecule has 0 spiro atoms. The molecule has 4 heteroatoms. The Kier molecular flexibility index (Phi) is 9.68. The first-order valence-electron chi connectivity index (χ1n) is 9.10. The van der Waals surface area contributed by atoms with E-state index < -0.39 is 18.8 Å². The molecule has 1 N–H and O–H groups in total. The first-order valence-corrected chi connectivity index (χ1v) is 16.3. The molecule has 0 aliphatic heterocycles. The van der Waals surface area contributed by atoms with Gasteiger partial charge in [-0.2, -0.15) is 0 Å². The van der Waals surface area contributed by atoms with Gasteiger partial charge in [0.25, 0.3) is 0 Å². The van der Waals surface area contributed by atoms with Crippen LogP contribution in [0.3, 0.4) is 0 Å². The molecule has 0 amide bonds. The summed E-state index contributed by atoms with van der Waals surface area (Å²) in [6.07, 6.45) is 6.88. The molecule has 0 aliphatic rings. The van der Waals surface area contributed by atoms with Gasteiger partial charge in [0, 0.05) is 0 Å². The second-order valence-electron chi connectivity index (χ2n) is 6.40. The van der Waals surface area contributed by atoms with Gasteiger partial charge in [0.15, 0.2) is 0 Å². The van der Waals surface area contributed by atoms with E-state index in [2.05, 4.69) is 20.8 Å². The van der Waals surface area contributed by atoms with Crippen LogP contribution in [-0.4, -0.2) is 29.9 Å². The normalized spacial score (nSPS) is 11.4. The third-order valence-electron chi connectivity index (χ3n) is 4.39. The quantitative estimate of drug-likeness (QED) is 0.448. The minimum atomic E-state index is -2.96. The van der Waals surface area contributed by atoms with Crippen molar-refractivity contribution >= 4 is 24.8 Å². The standard InChI is InChI=1S/C7H6O3.3C4H9.Sn/c8-6-4-2-1-3-5(6)7(9)10;3*1-3-4-2;/h1-4,8H,(H,9,10);3*1,3-4H2,2H3;/q;;;;+1/p-1. The predicted molar refractivity (Wildman–Crippen MR) is 98.4 cm³/mol. The summed E-state index contributed by atoms with van der Waals surface area (Å²) in [6.45, 7) is 6.59. The first kappa shape index (κ1) is 20.3. The maximum absolute atomic E-state index is 12.6. The summed E-state index contributed by atoms with van der Waals surface area (Å²) < 4.78 is 9.57. The van der Waals surface area contributed by atoms with Crippen molar-refractivity contribution in [3.8, 4) is 5.75 Å². The predicted octanol–water partition coefficient (Wildman–Crippen LogP) is 5.89. The maximum atomic E-state index is 12.6. The topological polar surface area (TPSA) is 46.5 Å². The molecule has 23 heavy (non-hydrogen) atoms. The van der Waals surface area contributed by atoms with Crippen molar-refractivity contribution in [3.63, 3.8) is 0 Å². The molecule has 3 nitrogen and oxygen atoms in total. The van der Waals surface area contributed by atoms with E-state index in [0.717, 1.165) is 51.8 Å². The molecule has 0 bridgehead atoms. The summed E-state index contributed by atoms with van der Waals surface area (Å²) in [4.78, 5) is 12.6. The van der Waals surface area contributed by atoms with Gasteiger partial charge in [-0.05, 0) is 0 Å². The van der Waals surface area contributed by atoms with E-state index in [1.807, 2.05) is 0 Å². The Morgan fingerprint density at radius 1 is 0.957 bits per heavy atom. The number of benzene rings is 1. The average molecular weight is 427 g/mol. The fraction of sp³-hybridized carbons (Fsp3) is 0.632. The molecule has 1 aromatic rings. The van der Waals surface area contributed by atoms with Crippen LogP contribution in [0.25, 0.3) is 0 Å². The average Bonchev–Trinajstić information content (AvgIpc) is 2.56. The zero-order valence-corrected chi connectivity index (χ0v) is 17.8. The number of hydrogen-bond donors (Lipinski definition) is 1. The molecule has 0 saturated carbocycles. The summed E-state index contributed by atoms with van der Waals surface area (Å²) >= 11 is -2.96. The van der Waals surface area contributed by atoms with Crippen molar-refractivity contribution in [1.82, 2.24) is 0 Å². The molecule has 130 valence electrons. The summed E-state index contributed by atoms with van der Waals surface area (Å²) in [7, 11) is 0. The molecule has 1 rings (SSSR count). The van der Waals surface area contributed by atoms with Crippen LogP contribution < -0.4 is 0 Å². The van der Waals surface area contributed by atoms with Crippen LogP contribution in [0.15, 0.2) is 24.3 Å². The van der Waals surface area contributed by atoms with Gasteiger partial charge in [-0.1, -0.05) is 0 Å². The minimum absolute atomic E-state index is 0.0270. The third-order valence-corrected chi connectivity index (χ3v) is 17.0. The van der Waals surface area contributed by atoms with Crippen molar-refractivity contribution in [2.45, 2.75) is 72.6 Å². The van der Waals surface area contributed by atoms with Crippen LogP contribution >= 0.6 is 0 Å². The summed E-state index contributed by atoms with van der Waals surface area (Å²) in [5, 5.41) is 9.93. The Labute approximate surface area is 145 Å². The summed E-state index contributed by atoms with van der Waals surface area (Å²) in [6, 6.07) is 6.72. The van der Waals surface area contributed by atoms with Gasteiger partial charge in [-0.25, -0.2) is 0 Å². The Balaban J connectivity index is 2.95. The molecular weight excluding hydrogens is 395 g/mol. The van der Waals surface area contributed by atoms with Gasteiger partial charge in [0.2, 0.25) is 0 Å².